The number of nitrogens with one attached hydrogen (secondary N) is 2. The van der Waals surface area contributed by atoms with Crippen molar-refractivity contribution in [2.24, 2.45) is 5.92 Å². The number of rotatable bonds is 6. The maximum atomic E-state index is 11.6. The first kappa shape index (κ1) is 14.7. The molecule has 0 aromatic rings. The molecule has 0 radical (unpaired) electrons. The zero-order chi connectivity index (χ0) is 11.2. The average Bonchev–Trinajstić information content (AvgIpc) is 3.10. The Hall–Kier alpha value is -0.320. The standard InChI is InChI=1S/C12H22N2O2.ClH/c15-12(5-7-16-9-10-3-4-10)14-11-2-1-6-13-8-11;/h10-11,13H,1-9H2,(H,14,15);1H/t11-;/m0./s1. The summed E-state index contributed by atoms with van der Waals surface area (Å²) in [7, 11) is 0. The largest absolute Gasteiger partial charge is 0.381 e. The second-order valence-corrected chi connectivity index (χ2v) is 4.88. The monoisotopic (exact) mass is 262 g/mol. The van der Waals surface area contributed by atoms with E-state index in [9.17, 15) is 4.79 Å². The lowest BCUT2D eigenvalue weighted by atomic mass is 10.1. The molecular formula is C12H23ClN2O2. The van der Waals surface area contributed by atoms with Crippen molar-refractivity contribution in [2.45, 2.75) is 38.1 Å². The molecule has 4 nitrogen and oxygen atoms in total. The molecule has 2 fully saturated rings. The van der Waals surface area contributed by atoms with Crippen molar-refractivity contribution in [3.05, 3.63) is 0 Å². The van der Waals surface area contributed by atoms with Crippen LogP contribution in [0.3, 0.4) is 0 Å². The molecule has 2 rings (SSSR count). The molecule has 1 saturated heterocycles. The van der Waals surface area contributed by atoms with E-state index in [0.29, 0.717) is 19.1 Å². The summed E-state index contributed by atoms with van der Waals surface area (Å²) in [6, 6.07) is 0.324. The Bertz CT molecular complexity index is 229. The molecule has 0 aromatic heterocycles. The fourth-order valence-corrected chi connectivity index (χ4v) is 1.97. The van der Waals surface area contributed by atoms with Crippen LogP contribution in [-0.2, 0) is 9.53 Å². The molecule has 0 aromatic carbocycles. The van der Waals surface area contributed by atoms with Crippen molar-refractivity contribution < 1.29 is 9.53 Å². The van der Waals surface area contributed by atoms with Gasteiger partial charge >= 0.3 is 0 Å². The summed E-state index contributed by atoms with van der Waals surface area (Å²) in [5.74, 6) is 0.912. The minimum absolute atomic E-state index is 0. The molecule has 1 amide bonds. The highest BCUT2D eigenvalue weighted by Crippen LogP contribution is 2.28. The molecular weight excluding hydrogens is 240 g/mol. The van der Waals surface area contributed by atoms with Gasteiger partial charge in [-0.25, -0.2) is 0 Å². The highest BCUT2D eigenvalue weighted by atomic mass is 35.5. The van der Waals surface area contributed by atoms with Gasteiger partial charge in [0.15, 0.2) is 0 Å². The third-order valence-corrected chi connectivity index (χ3v) is 3.19. The van der Waals surface area contributed by atoms with Crippen LogP contribution in [0.5, 0.6) is 0 Å². The number of carbonyl (C=O) groups is 1. The van der Waals surface area contributed by atoms with E-state index in [1.54, 1.807) is 0 Å². The first-order valence-corrected chi connectivity index (χ1v) is 6.42. The molecule has 1 aliphatic carbocycles. The number of ether oxygens (including phenoxy) is 1. The normalized spacial score (nSPS) is 23.9. The minimum atomic E-state index is 0. The zero-order valence-corrected chi connectivity index (χ0v) is 11.1. The molecule has 17 heavy (non-hydrogen) atoms. The predicted molar refractivity (Wildman–Crippen MR) is 69.4 cm³/mol. The van der Waals surface area contributed by atoms with Gasteiger partial charge in [-0.3, -0.25) is 4.79 Å². The molecule has 2 aliphatic rings. The summed E-state index contributed by atoms with van der Waals surface area (Å²) in [4.78, 5) is 11.6. The van der Waals surface area contributed by atoms with Gasteiger partial charge in [0.1, 0.15) is 0 Å². The second kappa shape index (κ2) is 7.90. The van der Waals surface area contributed by atoms with Gasteiger partial charge in [-0.05, 0) is 38.1 Å². The quantitative estimate of drug-likeness (QED) is 0.705. The van der Waals surface area contributed by atoms with E-state index in [2.05, 4.69) is 10.6 Å². The fourth-order valence-electron chi connectivity index (χ4n) is 1.97. The van der Waals surface area contributed by atoms with Gasteiger partial charge in [0.25, 0.3) is 0 Å². The van der Waals surface area contributed by atoms with Crippen molar-refractivity contribution in [1.29, 1.82) is 0 Å². The molecule has 100 valence electrons. The minimum Gasteiger partial charge on any atom is -0.381 e. The van der Waals surface area contributed by atoms with Crippen LogP contribution < -0.4 is 10.6 Å². The number of amides is 1. The maximum Gasteiger partial charge on any atom is 0.222 e. The van der Waals surface area contributed by atoms with Crippen LogP contribution >= 0.6 is 12.4 Å². The van der Waals surface area contributed by atoms with E-state index >= 15 is 0 Å². The van der Waals surface area contributed by atoms with Gasteiger partial charge < -0.3 is 15.4 Å². The Morgan fingerprint density at radius 1 is 1.35 bits per heavy atom. The molecule has 2 N–H and O–H groups in total. The van der Waals surface area contributed by atoms with Crippen LogP contribution in [0.4, 0.5) is 0 Å². The number of halogens is 1. The van der Waals surface area contributed by atoms with E-state index in [-0.39, 0.29) is 18.3 Å². The first-order valence-electron chi connectivity index (χ1n) is 6.42. The van der Waals surface area contributed by atoms with E-state index in [1.807, 2.05) is 0 Å². The molecule has 1 aliphatic heterocycles. The second-order valence-electron chi connectivity index (χ2n) is 4.88. The van der Waals surface area contributed by atoms with E-state index in [1.165, 1.54) is 12.8 Å². The van der Waals surface area contributed by atoms with E-state index in [4.69, 9.17) is 4.74 Å². The number of hydrogen-bond acceptors (Lipinski definition) is 3. The van der Waals surface area contributed by atoms with Crippen LogP contribution in [0.25, 0.3) is 0 Å². The lowest BCUT2D eigenvalue weighted by Gasteiger charge is -2.23. The summed E-state index contributed by atoms with van der Waals surface area (Å²) >= 11 is 0. The SMILES string of the molecule is Cl.O=C(CCOCC1CC1)N[C@H]1CCCNC1. The van der Waals surface area contributed by atoms with Crippen molar-refractivity contribution in [3.8, 4) is 0 Å². The van der Waals surface area contributed by atoms with Gasteiger partial charge in [-0.15, -0.1) is 12.4 Å². The van der Waals surface area contributed by atoms with Gasteiger partial charge in [-0.2, -0.15) is 0 Å². The van der Waals surface area contributed by atoms with E-state index in [0.717, 1.165) is 38.5 Å². The predicted octanol–water partition coefficient (Wildman–Crippen LogP) is 1.09. The summed E-state index contributed by atoms with van der Waals surface area (Å²) < 4.78 is 5.44. The van der Waals surface area contributed by atoms with E-state index < -0.39 is 0 Å². The molecule has 1 saturated carbocycles. The highest BCUT2D eigenvalue weighted by Gasteiger charge is 2.21. The Kier molecular flexibility index (Phi) is 6.85. The number of piperidine rings is 1. The Morgan fingerprint density at radius 3 is 2.82 bits per heavy atom. The topological polar surface area (TPSA) is 50.4 Å². The third-order valence-electron chi connectivity index (χ3n) is 3.19. The lowest BCUT2D eigenvalue weighted by Crippen LogP contribution is -2.45. The number of hydrogen-bond donors (Lipinski definition) is 2. The highest BCUT2D eigenvalue weighted by molar-refractivity contribution is 5.85. The Morgan fingerprint density at radius 2 is 2.18 bits per heavy atom. The van der Waals surface area contributed by atoms with Gasteiger partial charge in [0.2, 0.25) is 5.91 Å². The molecule has 5 heteroatoms. The fraction of sp³-hybridized carbons (Fsp3) is 0.917. The average molecular weight is 263 g/mol. The smallest absolute Gasteiger partial charge is 0.222 e. The third kappa shape index (κ3) is 6.24. The molecule has 0 bridgehead atoms. The van der Waals surface area contributed by atoms with Crippen molar-refractivity contribution in [3.63, 3.8) is 0 Å². The van der Waals surface area contributed by atoms with Gasteiger partial charge in [0, 0.05) is 25.6 Å². The van der Waals surface area contributed by atoms with Crippen LogP contribution in [0.1, 0.15) is 32.1 Å². The van der Waals surface area contributed by atoms with Crippen LogP contribution in [0.2, 0.25) is 0 Å². The summed E-state index contributed by atoms with van der Waals surface area (Å²) in [5.41, 5.74) is 0. The molecule has 0 unspecified atom stereocenters. The molecule has 1 atom stereocenters. The van der Waals surface area contributed by atoms with Crippen molar-refractivity contribution >= 4 is 18.3 Å². The number of carbonyl (C=O) groups excluding carboxylic acids is 1. The van der Waals surface area contributed by atoms with Crippen LogP contribution in [0.15, 0.2) is 0 Å². The maximum absolute atomic E-state index is 11.6. The van der Waals surface area contributed by atoms with Crippen molar-refractivity contribution in [1.82, 2.24) is 10.6 Å². The summed E-state index contributed by atoms with van der Waals surface area (Å²) in [6.07, 6.45) is 5.37. The van der Waals surface area contributed by atoms with Gasteiger partial charge in [-0.1, -0.05) is 0 Å². The Labute approximate surface area is 109 Å². The van der Waals surface area contributed by atoms with Gasteiger partial charge in [0.05, 0.1) is 6.61 Å². The lowest BCUT2D eigenvalue weighted by molar-refractivity contribution is -0.123. The summed E-state index contributed by atoms with van der Waals surface area (Å²) in [5, 5.41) is 6.33. The summed E-state index contributed by atoms with van der Waals surface area (Å²) in [6.45, 7) is 3.41. The van der Waals surface area contributed by atoms with Crippen LogP contribution in [-0.4, -0.2) is 38.3 Å². The Balaban J connectivity index is 0.00000144. The van der Waals surface area contributed by atoms with Crippen molar-refractivity contribution in [2.75, 3.05) is 26.3 Å². The molecule has 1 heterocycles. The first-order chi connectivity index (χ1) is 7.84. The van der Waals surface area contributed by atoms with Crippen LogP contribution in [0, 0.1) is 5.92 Å². The molecule has 0 spiro atoms. The zero-order valence-electron chi connectivity index (χ0n) is 10.2.